The molecule has 0 aliphatic rings. The van der Waals surface area contributed by atoms with E-state index in [-0.39, 0.29) is 5.69 Å². The van der Waals surface area contributed by atoms with Crippen molar-refractivity contribution in [2.24, 2.45) is 0 Å². The van der Waals surface area contributed by atoms with Crippen molar-refractivity contribution >= 4 is 29.2 Å². The summed E-state index contributed by atoms with van der Waals surface area (Å²) < 4.78 is 6.78. The average Bonchev–Trinajstić information content (AvgIpc) is 3.02. The summed E-state index contributed by atoms with van der Waals surface area (Å²) in [7, 11) is 1.59. The number of rotatable bonds is 5. The van der Waals surface area contributed by atoms with Crippen molar-refractivity contribution in [3.63, 3.8) is 0 Å². The Balaban J connectivity index is 2.01. The Labute approximate surface area is 154 Å². The molecule has 0 amide bonds. The highest BCUT2D eigenvalue weighted by Crippen LogP contribution is 2.26. The Bertz CT molecular complexity index is 921. The lowest BCUT2D eigenvalue weighted by Gasteiger charge is -2.09. The van der Waals surface area contributed by atoms with Crippen molar-refractivity contribution in [1.29, 1.82) is 0 Å². The van der Waals surface area contributed by atoms with Crippen molar-refractivity contribution in [2.75, 3.05) is 7.11 Å². The zero-order valence-electron chi connectivity index (χ0n) is 13.2. The highest BCUT2D eigenvalue weighted by atomic mass is 35.5. The van der Waals surface area contributed by atoms with Crippen molar-refractivity contribution in [1.82, 2.24) is 9.78 Å². The first-order valence-corrected chi connectivity index (χ1v) is 8.13. The summed E-state index contributed by atoms with van der Waals surface area (Å²) in [6.45, 7) is 0.367. The minimum absolute atomic E-state index is 0.0223. The van der Waals surface area contributed by atoms with E-state index in [2.05, 4.69) is 5.10 Å². The lowest BCUT2D eigenvalue weighted by atomic mass is 10.1. The monoisotopic (exact) mass is 376 g/mol. The predicted octanol–water partition coefficient (Wildman–Crippen LogP) is 4.61. The van der Waals surface area contributed by atoms with E-state index < -0.39 is 5.97 Å². The third kappa shape index (κ3) is 3.78. The third-order valence-electron chi connectivity index (χ3n) is 3.70. The van der Waals surface area contributed by atoms with Gasteiger partial charge in [0.05, 0.1) is 29.4 Å². The van der Waals surface area contributed by atoms with Crippen LogP contribution in [0.2, 0.25) is 10.0 Å². The molecular formula is C18H14Cl2N2O3. The molecule has 0 fully saturated rings. The maximum Gasteiger partial charge on any atom is 0.356 e. The van der Waals surface area contributed by atoms with Crippen LogP contribution < -0.4 is 4.74 Å². The van der Waals surface area contributed by atoms with E-state index in [1.54, 1.807) is 30.0 Å². The topological polar surface area (TPSA) is 64.3 Å². The fourth-order valence-electron chi connectivity index (χ4n) is 2.45. The number of hydrogen-bond donors (Lipinski definition) is 1. The molecule has 0 aliphatic heterocycles. The number of ether oxygens (including phenoxy) is 1. The molecule has 0 unspecified atom stereocenters. The molecular weight excluding hydrogens is 363 g/mol. The summed E-state index contributed by atoms with van der Waals surface area (Å²) in [5.41, 5.74) is 2.36. The lowest BCUT2D eigenvalue weighted by Crippen LogP contribution is -2.06. The Hall–Kier alpha value is -2.50. The summed E-state index contributed by atoms with van der Waals surface area (Å²) in [4.78, 5) is 11.3. The Morgan fingerprint density at radius 3 is 2.44 bits per heavy atom. The zero-order chi connectivity index (χ0) is 18.0. The second-order valence-corrected chi connectivity index (χ2v) is 6.17. The van der Waals surface area contributed by atoms with Gasteiger partial charge in [-0.1, -0.05) is 29.3 Å². The van der Waals surface area contributed by atoms with Gasteiger partial charge in [-0.3, -0.25) is 4.68 Å². The second kappa shape index (κ2) is 7.17. The van der Waals surface area contributed by atoms with Gasteiger partial charge in [-0.05, 0) is 48.0 Å². The predicted molar refractivity (Wildman–Crippen MR) is 96.7 cm³/mol. The summed E-state index contributed by atoms with van der Waals surface area (Å²) in [5, 5.41) is 14.4. The largest absolute Gasteiger partial charge is 0.497 e. The molecule has 0 radical (unpaired) electrons. The molecule has 0 atom stereocenters. The van der Waals surface area contributed by atoms with Crippen LogP contribution >= 0.6 is 23.2 Å². The van der Waals surface area contributed by atoms with Crippen LogP contribution in [0, 0.1) is 0 Å². The first kappa shape index (κ1) is 17.3. The standard InChI is InChI=1S/C18H14Cl2N2O3/c1-25-13-5-3-12(4-6-13)17-9-16(18(23)24)21-22(17)10-11-2-7-14(19)15(20)8-11/h2-9H,10H2,1H3,(H,23,24). The minimum atomic E-state index is -1.08. The molecule has 1 aromatic heterocycles. The van der Waals surface area contributed by atoms with E-state index in [4.69, 9.17) is 27.9 Å². The number of halogens is 2. The number of hydrogen-bond acceptors (Lipinski definition) is 3. The van der Waals surface area contributed by atoms with Crippen LogP contribution in [0.25, 0.3) is 11.3 Å². The first-order chi connectivity index (χ1) is 12.0. The van der Waals surface area contributed by atoms with Gasteiger partial charge in [0.15, 0.2) is 5.69 Å². The van der Waals surface area contributed by atoms with Gasteiger partial charge in [-0.2, -0.15) is 5.10 Å². The van der Waals surface area contributed by atoms with Crippen molar-refractivity contribution in [3.05, 3.63) is 69.8 Å². The van der Waals surface area contributed by atoms with Crippen LogP contribution in [0.5, 0.6) is 5.75 Å². The summed E-state index contributed by atoms with van der Waals surface area (Å²) >= 11 is 12.0. The number of carboxylic acids is 1. The van der Waals surface area contributed by atoms with Crippen LogP contribution in [-0.2, 0) is 6.54 Å². The summed E-state index contributed by atoms with van der Waals surface area (Å²) in [5.74, 6) is -0.361. The fourth-order valence-corrected chi connectivity index (χ4v) is 2.77. The van der Waals surface area contributed by atoms with Gasteiger partial charge < -0.3 is 9.84 Å². The molecule has 3 rings (SSSR count). The van der Waals surface area contributed by atoms with Gasteiger partial charge in [0.2, 0.25) is 0 Å². The van der Waals surface area contributed by atoms with Gasteiger partial charge in [0.25, 0.3) is 0 Å². The first-order valence-electron chi connectivity index (χ1n) is 7.37. The highest BCUT2D eigenvalue weighted by molar-refractivity contribution is 6.42. The molecule has 3 aromatic rings. The Morgan fingerprint density at radius 1 is 1.12 bits per heavy atom. The number of aromatic nitrogens is 2. The van der Waals surface area contributed by atoms with Crippen molar-refractivity contribution < 1.29 is 14.6 Å². The third-order valence-corrected chi connectivity index (χ3v) is 4.44. The SMILES string of the molecule is COc1ccc(-c2cc(C(=O)O)nn2Cc2ccc(Cl)c(Cl)c2)cc1. The molecule has 128 valence electrons. The minimum Gasteiger partial charge on any atom is -0.497 e. The highest BCUT2D eigenvalue weighted by Gasteiger charge is 2.15. The van der Waals surface area contributed by atoms with E-state index in [0.717, 1.165) is 16.9 Å². The normalized spacial score (nSPS) is 10.7. The van der Waals surface area contributed by atoms with Crippen molar-refractivity contribution in [3.8, 4) is 17.0 Å². The van der Waals surface area contributed by atoms with Gasteiger partial charge in [-0.15, -0.1) is 0 Å². The number of carboxylic acid groups (broad SMARTS) is 1. The van der Waals surface area contributed by atoms with E-state index in [0.29, 0.717) is 22.3 Å². The Kier molecular flexibility index (Phi) is 4.97. The molecule has 1 heterocycles. The lowest BCUT2D eigenvalue weighted by molar-refractivity contribution is 0.0689. The van der Waals surface area contributed by atoms with E-state index in [1.807, 2.05) is 30.3 Å². The number of aromatic carboxylic acids is 1. The van der Waals surface area contributed by atoms with Crippen LogP contribution in [0.1, 0.15) is 16.1 Å². The molecule has 1 N–H and O–H groups in total. The maximum atomic E-state index is 11.3. The van der Waals surface area contributed by atoms with Crippen molar-refractivity contribution in [2.45, 2.75) is 6.54 Å². The summed E-state index contributed by atoms with van der Waals surface area (Å²) in [6, 6.07) is 14.1. The van der Waals surface area contributed by atoms with Gasteiger partial charge in [-0.25, -0.2) is 4.79 Å². The average molecular weight is 377 g/mol. The van der Waals surface area contributed by atoms with Crippen LogP contribution in [0.15, 0.2) is 48.5 Å². The molecule has 25 heavy (non-hydrogen) atoms. The zero-order valence-corrected chi connectivity index (χ0v) is 14.8. The van der Waals surface area contributed by atoms with Crippen LogP contribution in [0.3, 0.4) is 0 Å². The number of carbonyl (C=O) groups is 1. The molecule has 7 heteroatoms. The molecule has 5 nitrogen and oxygen atoms in total. The number of methoxy groups -OCH3 is 1. The van der Waals surface area contributed by atoms with Gasteiger partial charge in [0.1, 0.15) is 5.75 Å². The molecule has 0 spiro atoms. The van der Waals surface area contributed by atoms with E-state index in [1.165, 1.54) is 0 Å². The number of benzene rings is 2. The molecule has 0 saturated heterocycles. The quantitative estimate of drug-likeness (QED) is 0.705. The second-order valence-electron chi connectivity index (χ2n) is 5.35. The number of nitrogens with zero attached hydrogens (tertiary/aromatic N) is 2. The van der Waals surface area contributed by atoms with Gasteiger partial charge >= 0.3 is 5.97 Å². The molecule has 0 saturated carbocycles. The fraction of sp³-hybridized carbons (Fsp3) is 0.111. The molecule has 0 aliphatic carbocycles. The van der Waals surface area contributed by atoms with E-state index >= 15 is 0 Å². The van der Waals surface area contributed by atoms with Crippen LogP contribution in [0.4, 0.5) is 0 Å². The Morgan fingerprint density at radius 2 is 1.84 bits per heavy atom. The van der Waals surface area contributed by atoms with Crippen LogP contribution in [-0.4, -0.2) is 28.0 Å². The van der Waals surface area contributed by atoms with Gasteiger partial charge in [0, 0.05) is 5.56 Å². The maximum absolute atomic E-state index is 11.3. The summed E-state index contributed by atoms with van der Waals surface area (Å²) in [6.07, 6.45) is 0. The van der Waals surface area contributed by atoms with E-state index in [9.17, 15) is 9.90 Å². The molecule has 0 bridgehead atoms. The molecule has 2 aromatic carbocycles. The smallest absolute Gasteiger partial charge is 0.356 e.